The Kier molecular flexibility index (Phi) is 5.02. The third-order valence-electron chi connectivity index (χ3n) is 4.83. The van der Waals surface area contributed by atoms with E-state index in [1.54, 1.807) is 7.11 Å². The molecule has 114 valence electrons. The van der Waals surface area contributed by atoms with Gasteiger partial charge < -0.3 is 15.4 Å². The number of urea groups is 1. The van der Waals surface area contributed by atoms with Gasteiger partial charge in [-0.1, -0.05) is 32.6 Å². The Bertz CT molecular complexity index is 383. The van der Waals surface area contributed by atoms with E-state index in [0.717, 1.165) is 31.6 Å². The number of methoxy groups -OCH3 is 1. The van der Waals surface area contributed by atoms with E-state index in [-0.39, 0.29) is 11.6 Å². The number of aliphatic imine (C=N–C) groups is 1. The molecule has 0 radical (unpaired) electrons. The lowest BCUT2D eigenvalue weighted by atomic mass is 9.87. The molecule has 0 bridgehead atoms. The van der Waals surface area contributed by atoms with Gasteiger partial charge in [-0.2, -0.15) is 4.99 Å². The van der Waals surface area contributed by atoms with E-state index in [4.69, 9.17) is 10.5 Å². The third-order valence-corrected chi connectivity index (χ3v) is 4.83. The van der Waals surface area contributed by atoms with Crippen LogP contribution in [-0.4, -0.2) is 42.6 Å². The number of hydrogen-bond acceptors (Lipinski definition) is 3. The summed E-state index contributed by atoms with van der Waals surface area (Å²) in [4.78, 5) is 18.0. The summed E-state index contributed by atoms with van der Waals surface area (Å²) in [5.41, 5.74) is 5.80. The van der Waals surface area contributed by atoms with E-state index in [9.17, 15) is 4.79 Å². The zero-order valence-electron chi connectivity index (χ0n) is 12.7. The number of carbonyl (C=O) groups is 1. The van der Waals surface area contributed by atoms with Crippen LogP contribution in [0.4, 0.5) is 4.79 Å². The van der Waals surface area contributed by atoms with Crippen molar-refractivity contribution in [2.45, 2.75) is 57.4 Å². The van der Waals surface area contributed by atoms with Crippen LogP contribution in [0, 0.1) is 5.92 Å². The number of hydrogen-bond donors (Lipinski definition) is 1. The first-order valence-electron chi connectivity index (χ1n) is 7.79. The Morgan fingerprint density at radius 1 is 1.45 bits per heavy atom. The summed E-state index contributed by atoms with van der Waals surface area (Å²) in [6.07, 6.45) is 7.90. The number of nitrogens with two attached hydrogens (primary N) is 1. The zero-order chi connectivity index (χ0) is 14.6. The SMILES string of the molecule is CCCC1CCCC2(CC1)C(N)=NC(=O)N2CCOC. The van der Waals surface area contributed by atoms with Crippen molar-refractivity contribution in [1.82, 2.24) is 4.90 Å². The summed E-state index contributed by atoms with van der Waals surface area (Å²) < 4.78 is 5.13. The molecular weight excluding hydrogens is 254 g/mol. The number of ether oxygens (including phenoxy) is 1. The molecule has 20 heavy (non-hydrogen) atoms. The van der Waals surface area contributed by atoms with E-state index < -0.39 is 0 Å². The molecule has 2 rings (SSSR count). The van der Waals surface area contributed by atoms with Crippen molar-refractivity contribution >= 4 is 11.9 Å². The molecule has 2 amide bonds. The molecule has 2 atom stereocenters. The van der Waals surface area contributed by atoms with Gasteiger partial charge in [0.25, 0.3) is 0 Å². The van der Waals surface area contributed by atoms with Gasteiger partial charge in [-0.25, -0.2) is 4.79 Å². The van der Waals surface area contributed by atoms with Crippen molar-refractivity contribution in [2.75, 3.05) is 20.3 Å². The molecular formula is C15H27N3O2. The van der Waals surface area contributed by atoms with Gasteiger partial charge in [0, 0.05) is 13.7 Å². The van der Waals surface area contributed by atoms with Gasteiger partial charge in [0.15, 0.2) is 0 Å². The summed E-state index contributed by atoms with van der Waals surface area (Å²) in [5, 5.41) is 0. The van der Waals surface area contributed by atoms with Crippen LogP contribution in [0.25, 0.3) is 0 Å². The van der Waals surface area contributed by atoms with Crippen LogP contribution >= 0.6 is 0 Å². The standard InChI is InChI=1S/C15H27N3O2/c1-3-5-12-6-4-8-15(9-7-12)13(16)17-14(19)18(15)10-11-20-2/h12H,3-11H2,1-2H3,(H2,16,17,19). The van der Waals surface area contributed by atoms with Crippen LogP contribution in [0.2, 0.25) is 0 Å². The molecule has 0 aromatic carbocycles. The second-order valence-electron chi connectivity index (χ2n) is 6.04. The fraction of sp³-hybridized carbons (Fsp3) is 0.867. The lowest BCUT2D eigenvalue weighted by molar-refractivity contribution is 0.115. The Balaban J connectivity index is 2.13. The molecule has 2 unspecified atom stereocenters. The van der Waals surface area contributed by atoms with Crippen molar-refractivity contribution in [1.29, 1.82) is 0 Å². The predicted octanol–water partition coefficient (Wildman–Crippen LogP) is 2.54. The minimum absolute atomic E-state index is 0.187. The molecule has 1 aliphatic carbocycles. The first-order chi connectivity index (χ1) is 9.64. The van der Waals surface area contributed by atoms with Crippen molar-refractivity contribution in [3.8, 4) is 0 Å². The van der Waals surface area contributed by atoms with Crippen LogP contribution < -0.4 is 5.73 Å². The smallest absolute Gasteiger partial charge is 0.346 e. The lowest BCUT2D eigenvalue weighted by Gasteiger charge is -2.37. The molecule has 1 fully saturated rings. The normalized spacial score (nSPS) is 30.7. The minimum atomic E-state index is -0.335. The monoisotopic (exact) mass is 281 g/mol. The Hall–Kier alpha value is -1.10. The van der Waals surface area contributed by atoms with Crippen LogP contribution in [0.1, 0.15) is 51.9 Å². The van der Waals surface area contributed by atoms with Gasteiger partial charge in [-0.05, 0) is 25.2 Å². The average Bonchev–Trinajstić information content (AvgIpc) is 2.58. The van der Waals surface area contributed by atoms with E-state index in [1.165, 1.54) is 19.3 Å². The average molecular weight is 281 g/mol. The van der Waals surface area contributed by atoms with E-state index in [1.807, 2.05) is 4.90 Å². The molecule has 1 aliphatic heterocycles. The van der Waals surface area contributed by atoms with Crippen LogP contribution in [-0.2, 0) is 4.74 Å². The highest BCUT2D eigenvalue weighted by Gasteiger charge is 2.48. The topological polar surface area (TPSA) is 67.9 Å². The Labute approximate surface area is 121 Å². The number of amides is 2. The summed E-state index contributed by atoms with van der Waals surface area (Å²) in [7, 11) is 1.65. The lowest BCUT2D eigenvalue weighted by Crippen LogP contribution is -2.54. The van der Waals surface area contributed by atoms with Crippen LogP contribution in [0.3, 0.4) is 0 Å². The quantitative estimate of drug-likeness (QED) is 0.842. The predicted molar refractivity (Wildman–Crippen MR) is 79.8 cm³/mol. The number of amidine groups is 1. The molecule has 1 spiro atoms. The molecule has 2 N–H and O–H groups in total. The molecule has 5 nitrogen and oxygen atoms in total. The summed E-state index contributed by atoms with van der Waals surface area (Å²) in [6.45, 7) is 3.35. The number of nitrogens with zero attached hydrogens (tertiary/aromatic N) is 2. The van der Waals surface area contributed by atoms with Crippen molar-refractivity contribution in [2.24, 2.45) is 16.6 Å². The van der Waals surface area contributed by atoms with Crippen molar-refractivity contribution < 1.29 is 9.53 Å². The van der Waals surface area contributed by atoms with Crippen molar-refractivity contribution in [3.05, 3.63) is 0 Å². The molecule has 5 heteroatoms. The van der Waals surface area contributed by atoms with Gasteiger partial charge >= 0.3 is 6.03 Å². The van der Waals surface area contributed by atoms with E-state index in [0.29, 0.717) is 19.0 Å². The second kappa shape index (κ2) is 6.57. The van der Waals surface area contributed by atoms with Gasteiger partial charge in [-0.3, -0.25) is 0 Å². The van der Waals surface area contributed by atoms with E-state index in [2.05, 4.69) is 11.9 Å². The van der Waals surface area contributed by atoms with Crippen molar-refractivity contribution in [3.63, 3.8) is 0 Å². The molecule has 1 saturated carbocycles. The maximum atomic E-state index is 12.1. The Morgan fingerprint density at radius 2 is 2.25 bits per heavy atom. The number of carbonyl (C=O) groups excluding carboxylic acids is 1. The molecule has 0 saturated heterocycles. The molecule has 1 heterocycles. The first-order valence-corrected chi connectivity index (χ1v) is 7.79. The fourth-order valence-electron chi connectivity index (χ4n) is 3.70. The highest BCUT2D eigenvalue weighted by Crippen LogP contribution is 2.39. The highest BCUT2D eigenvalue weighted by molar-refractivity contribution is 6.05. The van der Waals surface area contributed by atoms with Gasteiger partial charge in [-0.15, -0.1) is 0 Å². The minimum Gasteiger partial charge on any atom is -0.385 e. The summed E-state index contributed by atoms with van der Waals surface area (Å²) in [6, 6.07) is -0.187. The highest BCUT2D eigenvalue weighted by atomic mass is 16.5. The summed E-state index contributed by atoms with van der Waals surface area (Å²) >= 11 is 0. The second-order valence-corrected chi connectivity index (χ2v) is 6.04. The molecule has 0 aromatic heterocycles. The third kappa shape index (κ3) is 2.82. The van der Waals surface area contributed by atoms with Crippen LogP contribution in [0.15, 0.2) is 4.99 Å². The van der Waals surface area contributed by atoms with Crippen LogP contribution in [0.5, 0.6) is 0 Å². The maximum Gasteiger partial charge on any atom is 0.346 e. The Morgan fingerprint density at radius 3 is 2.95 bits per heavy atom. The largest absolute Gasteiger partial charge is 0.385 e. The first kappa shape index (κ1) is 15.3. The van der Waals surface area contributed by atoms with Gasteiger partial charge in [0.1, 0.15) is 11.4 Å². The van der Waals surface area contributed by atoms with Gasteiger partial charge in [0.05, 0.1) is 6.61 Å². The number of rotatable bonds is 5. The van der Waals surface area contributed by atoms with Gasteiger partial charge in [0.2, 0.25) is 0 Å². The maximum absolute atomic E-state index is 12.1. The molecule has 0 aromatic rings. The van der Waals surface area contributed by atoms with E-state index >= 15 is 0 Å². The zero-order valence-corrected chi connectivity index (χ0v) is 12.7. The summed E-state index contributed by atoms with van der Waals surface area (Å²) in [5.74, 6) is 1.29. The fourth-order valence-corrected chi connectivity index (χ4v) is 3.70. The molecule has 2 aliphatic rings.